The van der Waals surface area contributed by atoms with Gasteiger partial charge in [0.1, 0.15) is 0 Å². The van der Waals surface area contributed by atoms with Crippen LogP contribution in [0.3, 0.4) is 0 Å². The number of nitrogens with one attached hydrogen (secondary N) is 1. The van der Waals surface area contributed by atoms with Crippen molar-refractivity contribution in [1.29, 1.82) is 0 Å². The van der Waals surface area contributed by atoms with Crippen LogP contribution in [0.1, 0.15) is 20.3 Å². The summed E-state index contributed by atoms with van der Waals surface area (Å²) in [4.78, 5) is 0. The fraction of sp³-hybridized carbons (Fsp3) is 1.00. The molecular formula is C8H20N2O. The monoisotopic (exact) mass is 160 g/mol. The second kappa shape index (κ2) is 5.52. The molecule has 11 heavy (non-hydrogen) atoms. The second-order valence-electron chi connectivity index (χ2n) is 3.12. The minimum Gasteiger partial charge on any atom is -0.383 e. The number of ether oxygens (including phenoxy) is 1. The minimum atomic E-state index is -0.0508. The predicted molar refractivity (Wildman–Crippen MR) is 47.6 cm³/mol. The first kappa shape index (κ1) is 10.9. The van der Waals surface area contributed by atoms with Gasteiger partial charge in [-0.25, -0.2) is 0 Å². The molecular weight excluding hydrogens is 140 g/mol. The van der Waals surface area contributed by atoms with Crippen molar-refractivity contribution < 1.29 is 4.74 Å². The zero-order valence-electron chi connectivity index (χ0n) is 7.81. The highest BCUT2D eigenvalue weighted by atomic mass is 16.5. The number of hydrogen-bond donors (Lipinski definition) is 2. The molecule has 68 valence electrons. The summed E-state index contributed by atoms with van der Waals surface area (Å²) in [5.41, 5.74) is 5.54. The molecule has 1 atom stereocenters. The molecule has 3 N–H and O–H groups in total. The van der Waals surface area contributed by atoms with Gasteiger partial charge in [-0.15, -0.1) is 0 Å². The molecule has 0 saturated carbocycles. The molecule has 0 aromatic rings. The minimum absolute atomic E-state index is 0.0508. The van der Waals surface area contributed by atoms with E-state index in [-0.39, 0.29) is 5.54 Å². The van der Waals surface area contributed by atoms with Gasteiger partial charge in [-0.2, -0.15) is 0 Å². The standard InChI is InChI=1S/C8H20N2O/c1-4-5-10-8(2,6-9)7-11-3/h10H,4-7,9H2,1-3H3. The molecule has 0 aliphatic carbocycles. The maximum Gasteiger partial charge on any atom is 0.0654 e. The Bertz CT molecular complexity index is 98.1. The molecule has 0 bridgehead atoms. The topological polar surface area (TPSA) is 47.3 Å². The van der Waals surface area contributed by atoms with Crippen molar-refractivity contribution in [3.05, 3.63) is 0 Å². The van der Waals surface area contributed by atoms with Crippen molar-refractivity contribution in [3.8, 4) is 0 Å². The molecule has 0 saturated heterocycles. The molecule has 0 aliphatic heterocycles. The summed E-state index contributed by atoms with van der Waals surface area (Å²) in [6.07, 6.45) is 1.12. The molecule has 3 heteroatoms. The summed E-state index contributed by atoms with van der Waals surface area (Å²) in [6, 6.07) is 0. The van der Waals surface area contributed by atoms with Crippen LogP contribution in [0.25, 0.3) is 0 Å². The van der Waals surface area contributed by atoms with Gasteiger partial charge in [0, 0.05) is 13.7 Å². The fourth-order valence-corrected chi connectivity index (χ4v) is 0.927. The Morgan fingerprint density at radius 3 is 2.55 bits per heavy atom. The second-order valence-corrected chi connectivity index (χ2v) is 3.12. The zero-order valence-corrected chi connectivity index (χ0v) is 7.81. The van der Waals surface area contributed by atoms with Gasteiger partial charge in [0.25, 0.3) is 0 Å². The lowest BCUT2D eigenvalue weighted by atomic mass is 10.0. The zero-order chi connectivity index (χ0) is 8.74. The van der Waals surface area contributed by atoms with Crippen molar-refractivity contribution in [1.82, 2.24) is 5.32 Å². The molecule has 1 unspecified atom stereocenters. The lowest BCUT2D eigenvalue weighted by Crippen LogP contribution is -2.52. The van der Waals surface area contributed by atoms with Crippen LogP contribution in [0.4, 0.5) is 0 Å². The molecule has 0 heterocycles. The molecule has 0 rings (SSSR count). The van der Waals surface area contributed by atoms with Crippen LogP contribution in [-0.4, -0.2) is 32.3 Å². The summed E-state index contributed by atoms with van der Waals surface area (Å²) in [6.45, 7) is 6.49. The summed E-state index contributed by atoms with van der Waals surface area (Å²) < 4.78 is 5.05. The Kier molecular flexibility index (Phi) is 5.46. The number of methoxy groups -OCH3 is 1. The van der Waals surface area contributed by atoms with E-state index in [0.29, 0.717) is 13.2 Å². The van der Waals surface area contributed by atoms with Gasteiger partial charge < -0.3 is 15.8 Å². The van der Waals surface area contributed by atoms with Gasteiger partial charge in [-0.1, -0.05) is 6.92 Å². The molecule has 0 aromatic heterocycles. The average molecular weight is 160 g/mol. The first-order valence-electron chi connectivity index (χ1n) is 4.12. The Morgan fingerprint density at radius 2 is 2.18 bits per heavy atom. The number of nitrogens with two attached hydrogens (primary N) is 1. The normalized spacial score (nSPS) is 16.4. The predicted octanol–water partition coefficient (Wildman–Crippen LogP) is 0.350. The maximum absolute atomic E-state index is 5.59. The van der Waals surface area contributed by atoms with Crippen molar-refractivity contribution in [2.45, 2.75) is 25.8 Å². The summed E-state index contributed by atoms with van der Waals surface area (Å²) in [7, 11) is 1.70. The Labute approximate surface area is 69.3 Å². The fourth-order valence-electron chi connectivity index (χ4n) is 0.927. The van der Waals surface area contributed by atoms with E-state index in [2.05, 4.69) is 19.2 Å². The van der Waals surface area contributed by atoms with Crippen LogP contribution >= 0.6 is 0 Å². The highest BCUT2D eigenvalue weighted by Crippen LogP contribution is 2.00. The van der Waals surface area contributed by atoms with Crippen LogP contribution in [-0.2, 0) is 4.74 Å². The molecule has 0 spiro atoms. The van der Waals surface area contributed by atoms with E-state index in [1.165, 1.54) is 0 Å². The molecule has 3 nitrogen and oxygen atoms in total. The third-order valence-corrected chi connectivity index (χ3v) is 1.72. The van der Waals surface area contributed by atoms with Gasteiger partial charge in [-0.3, -0.25) is 0 Å². The van der Waals surface area contributed by atoms with E-state index in [4.69, 9.17) is 10.5 Å². The quantitative estimate of drug-likeness (QED) is 0.589. The van der Waals surface area contributed by atoms with Crippen LogP contribution in [0, 0.1) is 0 Å². The highest BCUT2D eigenvalue weighted by molar-refractivity contribution is 4.83. The molecule has 0 fully saturated rings. The van der Waals surface area contributed by atoms with Gasteiger partial charge in [0.15, 0.2) is 0 Å². The lowest BCUT2D eigenvalue weighted by Gasteiger charge is -2.28. The van der Waals surface area contributed by atoms with Crippen LogP contribution in [0.2, 0.25) is 0 Å². The van der Waals surface area contributed by atoms with Crippen molar-refractivity contribution >= 4 is 0 Å². The van der Waals surface area contributed by atoms with E-state index in [9.17, 15) is 0 Å². The van der Waals surface area contributed by atoms with E-state index in [0.717, 1.165) is 13.0 Å². The average Bonchev–Trinajstić information content (AvgIpc) is 2.02. The molecule has 0 amide bonds. The Hall–Kier alpha value is -0.120. The van der Waals surface area contributed by atoms with Crippen molar-refractivity contribution in [2.75, 3.05) is 26.8 Å². The number of rotatable bonds is 6. The third kappa shape index (κ3) is 4.35. The Morgan fingerprint density at radius 1 is 1.55 bits per heavy atom. The SMILES string of the molecule is CCCNC(C)(CN)COC. The van der Waals surface area contributed by atoms with E-state index < -0.39 is 0 Å². The number of hydrogen-bond acceptors (Lipinski definition) is 3. The molecule has 0 aliphatic rings. The largest absolute Gasteiger partial charge is 0.383 e. The summed E-state index contributed by atoms with van der Waals surface area (Å²) in [5.74, 6) is 0. The van der Waals surface area contributed by atoms with E-state index in [1.807, 2.05) is 0 Å². The third-order valence-electron chi connectivity index (χ3n) is 1.72. The van der Waals surface area contributed by atoms with Gasteiger partial charge in [-0.05, 0) is 19.9 Å². The van der Waals surface area contributed by atoms with Gasteiger partial charge in [0.05, 0.1) is 12.1 Å². The van der Waals surface area contributed by atoms with Gasteiger partial charge in [0.2, 0.25) is 0 Å². The van der Waals surface area contributed by atoms with Crippen molar-refractivity contribution in [3.63, 3.8) is 0 Å². The van der Waals surface area contributed by atoms with Crippen LogP contribution < -0.4 is 11.1 Å². The van der Waals surface area contributed by atoms with E-state index >= 15 is 0 Å². The van der Waals surface area contributed by atoms with Gasteiger partial charge >= 0.3 is 0 Å². The lowest BCUT2D eigenvalue weighted by molar-refractivity contribution is 0.123. The first-order valence-corrected chi connectivity index (χ1v) is 4.12. The van der Waals surface area contributed by atoms with Crippen LogP contribution in [0.5, 0.6) is 0 Å². The molecule has 0 radical (unpaired) electrons. The molecule has 0 aromatic carbocycles. The van der Waals surface area contributed by atoms with Crippen LogP contribution in [0.15, 0.2) is 0 Å². The first-order chi connectivity index (χ1) is 5.18. The maximum atomic E-state index is 5.59. The highest BCUT2D eigenvalue weighted by Gasteiger charge is 2.20. The summed E-state index contributed by atoms with van der Waals surface area (Å²) in [5, 5.41) is 3.35. The Balaban J connectivity index is 3.68. The van der Waals surface area contributed by atoms with Crippen molar-refractivity contribution in [2.24, 2.45) is 5.73 Å². The van der Waals surface area contributed by atoms with E-state index in [1.54, 1.807) is 7.11 Å². The smallest absolute Gasteiger partial charge is 0.0654 e. The summed E-state index contributed by atoms with van der Waals surface area (Å²) >= 11 is 0.